The molecule has 0 unspecified atom stereocenters. The minimum atomic E-state index is 0.925. The van der Waals surface area contributed by atoms with Crippen LogP contribution in [0.4, 0.5) is 0 Å². The Labute approximate surface area is 82.3 Å². The largest absolute Gasteiger partial charge is 0.381 e. The summed E-state index contributed by atoms with van der Waals surface area (Å²) in [4.78, 5) is 2.51. The van der Waals surface area contributed by atoms with Gasteiger partial charge in [0.25, 0.3) is 0 Å². The van der Waals surface area contributed by atoms with Crippen LogP contribution in [0.5, 0.6) is 0 Å². The molecule has 2 heteroatoms. The second-order valence-corrected chi connectivity index (χ2v) is 3.87. The van der Waals surface area contributed by atoms with E-state index < -0.39 is 0 Å². The smallest absolute Gasteiger partial charge is 0.0468 e. The Bertz CT molecular complexity index is 117. The van der Waals surface area contributed by atoms with Gasteiger partial charge in [0, 0.05) is 13.2 Å². The maximum absolute atomic E-state index is 5.35. The molecule has 13 heavy (non-hydrogen) atoms. The van der Waals surface area contributed by atoms with Gasteiger partial charge in [0.15, 0.2) is 0 Å². The van der Waals surface area contributed by atoms with Crippen LogP contribution in [0.3, 0.4) is 0 Å². The fraction of sp³-hybridized carbons (Fsp3) is 1.00. The molecule has 0 aromatic heterocycles. The molecule has 0 aliphatic carbocycles. The standard InChI is InChI=1S/C11H23NO/c1-3-12(4-2)8-5-11-6-9-13-10-7-11/h11H,3-10H2,1-2H3. The van der Waals surface area contributed by atoms with E-state index in [2.05, 4.69) is 18.7 Å². The van der Waals surface area contributed by atoms with E-state index in [0.717, 1.165) is 19.1 Å². The highest BCUT2D eigenvalue weighted by molar-refractivity contribution is 4.65. The van der Waals surface area contributed by atoms with Gasteiger partial charge in [-0.1, -0.05) is 13.8 Å². The van der Waals surface area contributed by atoms with Crippen LogP contribution in [-0.2, 0) is 4.74 Å². The van der Waals surface area contributed by atoms with Gasteiger partial charge in [0.05, 0.1) is 0 Å². The maximum Gasteiger partial charge on any atom is 0.0468 e. The van der Waals surface area contributed by atoms with Gasteiger partial charge < -0.3 is 9.64 Å². The normalized spacial score (nSPS) is 19.6. The van der Waals surface area contributed by atoms with E-state index in [0.29, 0.717) is 0 Å². The zero-order valence-electron chi connectivity index (χ0n) is 9.09. The average molecular weight is 185 g/mol. The maximum atomic E-state index is 5.35. The van der Waals surface area contributed by atoms with E-state index in [-0.39, 0.29) is 0 Å². The lowest BCUT2D eigenvalue weighted by molar-refractivity contribution is 0.0605. The molecule has 0 spiro atoms. The van der Waals surface area contributed by atoms with Crippen LogP contribution in [0, 0.1) is 5.92 Å². The Morgan fingerprint density at radius 2 is 1.77 bits per heavy atom. The van der Waals surface area contributed by atoms with Crippen LogP contribution in [0.15, 0.2) is 0 Å². The first kappa shape index (κ1) is 11.0. The van der Waals surface area contributed by atoms with Crippen LogP contribution in [0.1, 0.15) is 33.1 Å². The highest BCUT2D eigenvalue weighted by Crippen LogP contribution is 2.18. The summed E-state index contributed by atoms with van der Waals surface area (Å²) < 4.78 is 5.35. The van der Waals surface area contributed by atoms with Crippen molar-refractivity contribution in [3.63, 3.8) is 0 Å². The van der Waals surface area contributed by atoms with Gasteiger partial charge in [-0.15, -0.1) is 0 Å². The molecule has 1 rings (SSSR count). The Morgan fingerprint density at radius 3 is 2.31 bits per heavy atom. The van der Waals surface area contributed by atoms with Crippen molar-refractivity contribution >= 4 is 0 Å². The van der Waals surface area contributed by atoms with Crippen LogP contribution in [0.25, 0.3) is 0 Å². The Kier molecular flexibility index (Phi) is 5.40. The lowest BCUT2D eigenvalue weighted by Gasteiger charge is -2.25. The summed E-state index contributed by atoms with van der Waals surface area (Å²) in [7, 11) is 0. The molecule has 0 atom stereocenters. The first-order chi connectivity index (χ1) is 6.36. The molecule has 0 N–H and O–H groups in total. The predicted octanol–water partition coefficient (Wildman–Crippen LogP) is 2.14. The molecule has 0 bridgehead atoms. The number of rotatable bonds is 5. The third-order valence-corrected chi connectivity index (χ3v) is 3.09. The zero-order valence-corrected chi connectivity index (χ0v) is 9.09. The first-order valence-electron chi connectivity index (χ1n) is 5.66. The topological polar surface area (TPSA) is 12.5 Å². The molecular formula is C11H23NO. The number of nitrogens with zero attached hydrogens (tertiary/aromatic N) is 1. The van der Waals surface area contributed by atoms with Crippen molar-refractivity contribution in [2.75, 3.05) is 32.8 Å². The van der Waals surface area contributed by atoms with Crippen LogP contribution >= 0.6 is 0 Å². The van der Waals surface area contributed by atoms with Crippen molar-refractivity contribution in [2.24, 2.45) is 5.92 Å². The molecule has 1 heterocycles. The lowest BCUT2D eigenvalue weighted by Crippen LogP contribution is -2.27. The summed E-state index contributed by atoms with van der Waals surface area (Å²) in [5, 5.41) is 0. The molecule has 1 aliphatic heterocycles. The van der Waals surface area contributed by atoms with Gasteiger partial charge in [-0.2, -0.15) is 0 Å². The molecule has 78 valence electrons. The zero-order chi connectivity index (χ0) is 9.52. The summed E-state index contributed by atoms with van der Waals surface area (Å²) in [6.07, 6.45) is 3.92. The summed E-state index contributed by atoms with van der Waals surface area (Å²) >= 11 is 0. The van der Waals surface area contributed by atoms with E-state index in [4.69, 9.17) is 4.74 Å². The predicted molar refractivity (Wildman–Crippen MR) is 55.9 cm³/mol. The molecule has 1 aliphatic rings. The summed E-state index contributed by atoms with van der Waals surface area (Å²) in [6, 6.07) is 0. The Balaban J connectivity index is 2.09. The Hall–Kier alpha value is -0.0800. The van der Waals surface area contributed by atoms with Crippen molar-refractivity contribution in [3.05, 3.63) is 0 Å². The SMILES string of the molecule is CCN(CC)CCC1CCOCC1. The molecule has 0 amide bonds. The van der Waals surface area contributed by atoms with Gasteiger partial charge in [-0.3, -0.25) is 0 Å². The van der Waals surface area contributed by atoms with E-state index in [1.54, 1.807) is 0 Å². The van der Waals surface area contributed by atoms with Crippen LogP contribution < -0.4 is 0 Å². The third kappa shape index (κ3) is 4.10. The van der Waals surface area contributed by atoms with Gasteiger partial charge in [-0.05, 0) is 44.8 Å². The Morgan fingerprint density at radius 1 is 1.15 bits per heavy atom. The number of hydrogen-bond acceptors (Lipinski definition) is 2. The summed E-state index contributed by atoms with van der Waals surface area (Å²) in [6.45, 7) is 10.1. The monoisotopic (exact) mass is 185 g/mol. The van der Waals surface area contributed by atoms with Crippen molar-refractivity contribution < 1.29 is 4.74 Å². The first-order valence-corrected chi connectivity index (χ1v) is 5.66. The van der Waals surface area contributed by atoms with E-state index in [1.165, 1.54) is 38.9 Å². The lowest BCUT2D eigenvalue weighted by atomic mass is 9.96. The molecule has 0 aromatic carbocycles. The fourth-order valence-electron chi connectivity index (χ4n) is 1.94. The van der Waals surface area contributed by atoms with E-state index in [9.17, 15) is 0 Å². The quantitative estimate of drug-likeness (QED) is 0.650. The minimum Gasteiger partial charge on any atom is -0.381 e. The second-order valence-electron chi connectivity index (χ2n) is 3.87. The molecule has 1 saturated heterocycles. The second kappa shape index (κ2) is 6.39. The third-order valence-electron chi connectivity index (χ3n) is 3.09. The highest BCUT2D eigenvalue weighted by atomic mass is 16.5. The van der Waals surface area contributed by atoms with E-state index in [1.807, 2.05) is 0 Å². The fourth-order valence-corrected chi connectivity index (χ4v) is 1.94. The van der Waals surface area contributed by atoms with Crippen molar-refractivity contribution in [1.29, 1.82) is 0 Å². The molecule has 1 fully saturated rings. The van der Waals surface area contributed by atoms with Crippen LogP contribution in [0.2, 0.25) is 0 Å². The van der Waals surface area contributed by atoms with Gasteiger partial charge in [0.2, 0.25) is 0 Å². The molecular weight excluding hydrogens is 162 g/mol. The summed E-state index contributed by atoms with van der Waals surface area (Å²) in [5.74, 6) is 0.925. The highest BCUT2D eigenvalue weighted by Gasteiger charge is 2.14. The van der Waals surface area contributed by atoms with Gasteiger partial charge in [-0.25, -0.2) is 0 Å². The van der Waals surface area contributed by atoms with Gasteiger partial charge >= 0.3 is 0 Å². The van der Waals surface area contributed by atoms with Gasteiger partial charge in [0.1, 0.15) is 0 Å². The van der Waals surface area contributed by atoms with Crippen molar-refractivity contribution in [3.8, 4) is 0 Å². The van der Waals surface area contributed by atoms with E-state index >= 15 is 0 Å². The van der Waals surface area contributed by atoms with Crippen molar-refractivity contribution in [1.82, 2.24) is 4.90 Å². The molecule has 0 aromatic rings. The molecule has 0 radical (unpaired) electrons. The van der Waals surface area contributed by atoms with Crippen LogP contribution in [-0.4, -0.2) is 37.7 Å². The number of hydrogen-bond donors (Lipinski definition) is 0. The minimum absolute atomic E-state index is 0.925. The summed E-state index contributed by atoms with van der Waals surface area (Å²) in [5.41, 5.74) is 0. The number of ether oxygens (including phenoxy) is 1. The molecule has 2 nitrogen and oxygen atoms in total. The molecule has 0 saturated carbocycles. The van der Waals surface area contributed by atoms with Crippen molar-refractivity contribution in [2.45, 2.75) is 33.1 Å². The average Bonchev–Trinajstić information content (AvgIpc) is 2.21.